The average Bonchev–Trinajstić information content (AvgIpc) is 2.39. The molecule has 4 heteroatoms. The molecule has 0 bridgehead atoms. The Morgan fingerprint density at radius 3 is 2.59 bits per heavy atom. The van der Waals surface area contributed by atoms with Crippen LogP contribution >= 0.6 is 11.6 Å². The molecule has 0 spiro atoms. The van der Waals surface area contributed by atoms with Crippen LogP contribution in [0.2, 0.25) is 5.02 Å². The molecular weight excluding hydrogens is 234 g/mol. The van der Waals surface area contributed by atoms with E-state index in [9.17, 15) is 0 Å². The molecule has 2 N–H and O–H groups in total. The fourth-order valence-electron chi connectivity index (χ4n) is 1.50. The van der Waals surface area contributed by atoms with Gasteiger partial charge in [0, 0.05) is 29.2 Å². The molecule has 1 unspecified atom stereocenters. The van der Waals surface area contributed by atoms with Crippen molar-refractivity contribution in [2.45, 2.75) is 12.8 Å². The Morgan fingerprint density at radius 1 is 1.24 bits per heavy atom. The van der Waals surface area contributed by atoms with Crippen molar-refractivity contribution in [2.24, 2.45) is 5.73 Å². The van der Waals surface area contributed by atoms with Crippen LogP contribution in [0.25, 0.3) is 11.3 Å². The van der Waals surface area contributed by atoms with E-state index in [2.05, 4.69) is 9.97 Å². The number of hydrogen-bond donors (Lipinski definition) is 1. The van der Waals surface area contributed by atoms with Crippen molar-refractivity contribution >= 4 is 11.6 Å². The topological polar surface area (TPSA) is 51.8 Å². The second-order valence-electron chi connectivity index (χ2n) is 3.94. The number of hydrogen-bond acceptors (Lipinski definition) is 3. The van der Waals surface area contributed by atoms with Gasteiger partial charge in [0.05, 0.1) is 5.69 Å². The summed E-state index contributed by atoms with van der Waals surface area (Å²) >= 11 is 5.85. The molecule has 1 aromatic heterocycles. The molecule has 1 atom stereocenters. The van der Waals surface area contributed by atoms with Gasteiger partial charge >= 0.3 is 0 Å². The molecule has 17 heavy (non-hydrogen) atoms. The summed E-state index contributed by atoms with van der Waals surface area (Å²) in [5.74, 6) is 0.946. The van der Waals surface area contributed by atoms with E-state index in [0.717, 1.165) is 22.1 Å². The standard InChI is InChI=1S/C13H14ClN3/c1-9(8-15)13-16-7-6-12(17-13)10-2-4-11(14)5-3-10/h2-7,9H,8,15H2,1H3. The van der Waals surface area contributed by atoms with E-state index in [1.54, 1.807) is 6.20 Å². The molecule has 88 valence electrons. The molecule has 2 aromatic rings. The van der Waals surface area contributed by atoms with Crippen molar-refractivity contribution in [1.29, 1.82) is 0 Å². The molecule has 0 fully saturated rings. The van der Waals surface area contributed by atoms with E-state index >= 15 is 0 Å². The highest BCUT2D eigenvalue weighted by atomic mass is 35.5. The molecule has 3 nitrogen and oxygen atoms in total. The Kier molecular flexibility index (Phi) is 3.71. The van der Waals surface area contributed by atoms with Crippen molar-refractivity contribution < 1.29 is 0 Å². The smallest absolute Gasteiger partial charge is 0.133 e. The summed E-state index contributed by atoms with van der Waals surface area (Å²) < 4.78 is 0. The Bertz CT molecular complexity index is 496. The number of halogens is 1. The van der Waals surface area contributed by atoms with Gasteiger partial charge in [0.2, 0.25) is 0 Å². The van der Waals surface area contributed by atoms with Crippen LogP contribution in [-0.2, 0) is 0 Å². The van der Waals surface area contributed by atoms with Gasteiger partial charge in [-0.1, -0.05) is 30.7 Å². The molecule has 0 aliphatic rings. The lowest BCUT2D eigenvalue weighted by molar-refractivity contribution is 0.713. The number of aromatic nitrogens is 2. The Labute approximate surface area is 106 Å². The van der Waals surface area contributed by atoms with Gasteiger partial charge < -0.3 is 5.73 Å². The van der Waals surface area contributed by atoms with Gasteiger partial charge in [-0.05, 0) is 18.2 Å². The molecule has 0 aliphatic carbocycles. The van der Waals surface area contributed by atoms with Gasteiger partial charge in [0.15, 0.2) is 0 Å². The van der Waals surface area contributed by atoms with Gasteiger partial charge in [-0.2, -0.15) is 0 Å². The lowest BCUT2D eigenvalue weighted by Crippen LogP contribution is -2.12. The lowest BCUT2D eigenvalue weighted by atomic mass is 10.1. The summed E-state index contributed by atoms with van der Waals surface area (Å²) in [7, 11) is 0. The zero-order valence-electron chi connectivity index (χ0n) is 9.60. The van der Waals surface area contributed by atoms with E-state index in [1.165, 1.54) is 0 Å². The fourth-order valence-corrected chi connectivity index (χ4v) is 1.62. The van der Waals surface area contributed by atoms with Crippen molar-refractivity contribution in [3.63, 3.8) is 0 Å². The Hall–Kier alpha value is -1.45. The van der Waals surface area contributed by atoms with E-state index in [0.29, 0.717) is 6.54 Å². The zero-order chi connectivity index (χ0) is 12.3. The molecule has 1 aromatic carbocycles. The van der Waals surface area contributed by atoms with Crippen LogP contribution in [0.4, 0.5) is 0 Å². The zero-order valence-corrected chi connectivity index (χ0v) is 10.4. The number of rotatable bonds is 3. The maximum Gasteiger partial charge on any atom is 0.133 e. The third-order valence-corrected chi connectivity index (χ3v) is 2.86. The molecular formula is C13H14ClN3. The third kappa shape index (κ3) is 2.81. The second-order valence-corrected chi connectivity index (χ2v) is 4.38. The van der Waals surface area contributed by atoms with Gasteiger partial charge in [-0.25, -0.2) is 9.97 Å². The molecule has 2 rings (SSSR count). The maximum absolute atomic E-state index is 5.85. The highest BCUT2D eigenvalue weighted by Crippen LogP contribution is 2.20. The van der Waals surface area contributed by atoms with Crippen LogP contribution in [-0.4, -0.2) is 16.5 Å². The van der Waals surface area contributed by atoms with Gasteiger partial charge in [0.1, 0.15) is 5.82 Å². The minimum Gasteiger partial charge on any atom is -0.330 e. The first-order chi connectivity index (χ1) is 8.20. The Balaban J connectivity index is 2.36. The van der Waals surface area contributed by atoms with Crippen LogP contribution < -0.4 is 5.73 Å². The first-order valence-electron chi connectivity index (χ1n) is 5.49. The third-order valence-electron chi connectivity index (χ3n) is 2.61. The summed E-state index contributed by atoms with van der Waals surface area (Å²) in [6.07, 6.45) is 1.76. The quantitative estimate of drug-likeness (QED) is 0.907. The summed E-state index contributed by atoms with van der Waals surface area (Å²) in [6, 6.07) is 9.48. The molecule has 0 radical (unpaired) electrons. The van der Waals surface area contributed by atoms with Crippen LogP contribution in [0.15, 0.2) is 36.5 Å². The normalized spacial score (nSPS) is 12.4. The van der Waals surface area contributed by atoms with Gasteiger partial charge in [-0.15, -0.1) is 0 Å². The summed E-state index contributed by atoms with van der Waals surface area (Å²) in [6.45, 7) is 2.56. The number of nitrogens with zero attached hydrogens (tertiary/aromatic N) is 2. The van der Waals surface area contributed by atoms with E-state index in [-0.39, 0.29) is 5.92 Å². The highest BCUT2D eigenvalue weighted by Gasteiger charge is 2.08. The molecule has 0 amide bonds. The Morgan fingerprint density at radius 2 is 1.94 bits per heavy atom. The van der Waals surface area contributed by atoms with Gasteiger partial charge in [-0.3, -0.25) is 0 Å². The van der Waals surface area contributed by atoms with Crippen molar-refractivity contribution in [1.82, 2.24) is 9.97 Å². The maximum atomic E-state index is 5.85. The van der Waals surface area contributed by atoms with Crippen molar-refractivity contribution in [2.75, 3.05) is 6.54 Å². The van der Waals surface area contributed by atoms with Crippen LogP contribution in [0.5, 0.6) is 0 Å². The minimum absolute atomic E-state index is 0.169. The van der Waals surface area contributed by atoms with Gasteiger partial charge in [0.25, 0.3) is 0 Å². The predicted molar refractivity (Wildman–Crippen MR) is 69.9 cm³/mol. The predicted octanol–water partition coefficient (Wildman–Crippen LogP) is 2.86. The summed E-state index contributed by atoms with van der Waals surface area (Å²) in [4.78, 5) is 8.75. The number of nitrogens with two attached hydrogens (primary N) is 1. The molecule has 0 saturated heterocycles. The van der Waals surface area contributed by atoms with E-state index in [4.69, 9.17) is 17.3 Å². The minimum atomic E-state index is 0.169. The largest absolute Gasteiger partial charge is 0.330 e. The molecule has 0 aliphatic heterocycles. The van der Waals surface area contributed by atoms with Crippen LogP contribution in [0.1, 0.15) is 18.7 Å². The number of benzene rings is 1. The first kappa shape index (κ1) is 12.0. The summed E-state index contributed by atoms with van der Waals surface area (Å²) in [5.41, 5.74) is 7.54. The monoisotopic (exact) mass is 247 g/mol. The lowest BCUT2D eigenvalue weighted by Gasteiger charge is -2.08. The van der Waals surface area contributed by atoms with E-state index < -0.39 is 0 Å². The van der Waals surface area contributed by atoms with Crippen LogP contribution in [0.3, 0.4) is 0 Å². The molecule has 1 heterocycles. The fraction of sp³-hybridized carbons (Fsp3) is 0.231. The first-order valence-corrected chi connectivity index (χ1v) is 5.87. The highest BCUT2D eigenvalue weighted by molar-refractivity contribution is 6.30. The molecule has 0 saturated carbocycles. The van der Waals surface area contributed by atoms with Crippen molar-refractivity contribution in [3.8, 4) is 11.3 Å². The second kappa shape index (κ2) is 5.25. The summed E-state index contributed by atoms with van der Waals surface area (Å²) in [5, 5.41) is 0.721. The van der Waals surface area contributed by atoms with Crippen molar-refractivity contribution in [3.05, 3.63) is 47.4 Å². The van der Waals surface area contributed by atoms with E-state index in [1.807, 2.05) is 37.3 Å². The van der Waals surface area contributed by atoms with Crippen LogP contribution in [0, 0.1) is 0 Å². The SMILES string of the molecule is CC(CN)c1nccc(-c2ccc(Cl)cc2)n1. The average molecular weight is 248 g/mol.